The van der Waals surface area contributed by atoms with Crippen molar-refractivity contribution in [2.45, 2.75) is 45.8 Å². The number of aliphatic hydroxyl groups is 1. The summed E-state index contributed by atoms with van der Waals surface area (Å²) in [7, 11) is 0. The van der Waals surface area contributed by atoms with Gasteiger partial charge < -0.3 is 9.84 Å². The van der Waals surface area contributed by atoms with Crippen molar-refractivity contribution in [3.05, 3.63) is 29.8 Å². The molecule has 0 bridgehead atoms. The molecule has 3 atom stereocenters. The Bertz CT molecular complexity index is 338. The summed E-state index contributed by atoms with van der Waals surface area (Å²) in [6, 6.07) is 8.22. The van der Waals surface area contributed by atoms with E-state index in [0.29, 0.717) is 11.8 Å². The van der Waals surface area contributed by atoms with Gasteiger partial charge in [-0.05, 0) is 36.8 Å². The van der Waals surface area contributed by atoms with E-state index in [1.165, 1.54) is 5.56 Å². The molecule has 94 valence electrons. The van der Waals surface area contributed by atoms with Crippen LogP contribution in [0, 0.1) is 11.8 Å². The fourth-order valence-corrected chi connectivity index (χ4v) is 2.72. The number of fused-ring (bicyclic) bond motifs is 1. The summed E-state index contributed by atoms with van der Waals surface area (Å²) in [4.78, 5) is 0. The Hall–Kier alpha value is -1.02. The number of aliphatic hydroxyl groups excluding tert-OH is 1. The van der Waals surface area contributed by atoms with Crippen molar-refractivity contribution < 1.29 is 9.84 Å². The molecule has 1 heterocycles. The molecule has 0 aromatic heterocycles. The lowest BCUT2D eigenvalue weighted by atomic mass is 9.85. The quantitative estimate of drug-likeness (QED) is 0.867. The predicted molar refractivity (Wildman–Crippen MR) is 69.2 cm³/mol. The first-order valence-corrected chi connectivity index (χ1v) is 6.50. The molecule has 2 rings (SSSR count). The summed E-state index contributed by atoms with van der Waals surface area (Å²) in [6.07, 6.45) is 1.88. The highest BCUT2D eigenvalue weighted by Gasteiger charge is 2.28. The zero-order valence-electron chi connectivity index (χ0n) is 10.9. The summed E-state index contributed by atoms with van der Waals surface area (Å²) < 4.78 is 5.93. The Morgan fingerprint density at radius 1 is 1.29 bits per heavy atom. The van der Waals surface area contributed by atoms with Crippen LogP contribution in [0.3, 0.4) is 0 Å². The summed E-state index contributed by atoms with van der Waals surface area (Å²) in [5, 5.41) is 9.80. The van der Waals surface area contributed by atoms with Gasteiger partial charge in [0.05, 0.1) is 6.10 Å². The maximum Gasteiger partial charge on any atom is 0.123 e. The van der Waals surface area contributed by atoms with Gasteiger partial charge in [0.2, 0.25) is 0 Å². The Labute approximate surface area is 104 Å². The molecule has 1 aromatic rings. The van der Waals surface area contributed by atoms with E-state index >= 15 is 0 Å². The second-order valence-electron chi connectivity index (χ2n) is 5.44. The second-order valence-corrected chi connectivity index (χ2v) is 5.44. The zero-order valence-corrected chi connectivity index (χ0v) is 10.9. The highest BCUT2D eigenvalue weighted by Crippen LogP contribution is 2.33. The highest BCUT2D eigenvalue weighted by atomic mass is 16.5. The number of rotatable bonds is 4. The molecule has 2 nitrogen and oxygen atoms in total. The van der Waals surface area contributed by atoms with Gasteiger partial charge in [-0.2, -0.15) is 0 Å². The van der Waals surface area contributed by atoms with Crippen LogP contribution < -0.4 is 4.74 Å². The summed E-state index contributed by atoms with van der Waals surface area (Å²) in [6.45, 7) is 6.21. The average molecular weight is 234 g/mol. The third-order valence-electron chi connectivity index (χ3n) is 3.72. The number of benzene rings is 1. The summed E-state index contributed by atoms with van der Waals surface area (Å²) in [5.74, 6) is 1.82. The van der Waals surface area contributed by atoms with Crippen molar-refractivity contribution in [3.63, 3.8) is 0 Å². The molecule has 2 heteroatoms. The topological polar surface area (TPSA) is 29.5 Å². The molecule has 0 saturated carbocycles. The fraction of sp³-hybridized carbons (Fsp3) is 0.600. The largest absolute Gasteiger partial charge is 0.490 e. The van der Waals surface area contributed by atoms with Gasteiger partial charge in [-0.3, -0.25) is 0 Å². The Morgan fingerprint density at radius 3 is 2.59 bits per heavy atom. The van der Waals surface area contributed by atoms with E-state index in [0.717, 1.165) is 18.6 Å². The van der Waals surface area contributed by atoms with Crippen molar-refractivity contribution in [1.29, 1.82) is 0 Å². The van der Waals surface area contributed by atoms with E-state index in [1.54, 1.807) is 0 Å². The molecule has 0 radical (unpaired) electrons. The van der Waals surface area contributed by atoms with Crippen LogP contribution in [0.5, 0.6) is 5.75 Å². The molecule has 1 aliphatic rings. The first kappa shape index (κ1) is 12.4. The van der Waals surface area contributed by atoms with Gasteiger partial charge in [0, 0.05) is 6.42 Å². The maximum atomic E-state index is 9.80. The monoisotopic (exact) mass is 234 g/mol. The standard InChI is InChI=1S/C15H22O2/c1-10(2)14(11(3)16)9-13-8-12-6-4-5-7-15(12)17-13/h4-7,10-11,13-14,16H,8-9H2,1-3H3. The summed E-state index contributed by atoms with van der Waals surface area (Å²) >= 11 is 0. The Balaban J connectivity index is 1.99. The van der Waals surface area contributed by atoms with E-state index < -0.39 is 0 Å². The second kappa shape index (κ2) is 5.09. The van der Waals surface area contributed by atoms with Gasteiger partial charge in [-0.1, -0.05) is 32.0 Å². The van der Waals surface area contributed by atoms with Crippen LogP contribution in [-0.2, 0) is 6.42 Å². The number of ether oxygens (including phenoxy) is 1. The summed E-state index contributed by atoms with van der Waals surface area (Å²) in [5.41, 5.74) is 1.30. The Kier molecular flexibility index (Phi) is 3.72. The molecule has 0 saturated heterocycles. The molecular formula is C15H22O2. The lowest BCUT2D eigenvalue weighted by molar-refractivity contribution is 0.0633. The number of para-hydroxylation sites is 1. The molecule has 0 amide bonds. The minimum absolute atomic E-state index is 0.231. The van der Waals surface area contributed by atoms with Crippen LogP contribution in [0.25, 0.3) is 0 Å². The fourth-order valence-electron chi connectivity index (χ4n) is 2.72. The minimum Gasteiger partial charge on any atom is -0.490 e. The van der Waals surface area contributed by atoms with Gasteiger partial charge in [-0.25, -0.2) is 0 Å². The van der Waals surface area contributed by atoms with Gasteiger partial charge in [-0.15, -0.1) is 0 Å². The normalized spacial score (nSPS) is 22.1. The van der Waals surface area contributed by atoms with Crippen LogP contribution in [0.1, 0.15) is 32.8 Å². The third kappa shape index (κ3) is 2.81. The van der Waals surface area contributed by atoms with Gasteiger partial charge >= 0.3 is 0 Å². The number of hydrogen-bond acceptors (Lipinski definition) is 2. The van der Waals surface area contributed by atoms with Gasteiger partial charge in [0.25, 0.3) is 0 Å². The van der Waals surface area contributed by atoms with Crippen LogP contribution in [0.15, 0.2) is 24.3 Å². The van der Waals surface area contributed by atoms with Crippen molar-refractivity contribution in [3.8, 4) is 5.75 Å². The smallest absolute Gasteiger partial charge is 0.123 e. The van der Waals surface area contributed by atoms with E-state index in [2.05, 4.69) is 26.0 Å². The van der Waals surface area contributed by atoms with E-state index in [9.17, 15) is 5.11 Å². The first-order chi connectivity index (χ1) is 8.08. The SMILES string of the molecule is CC(C)C(CC1Cc2ccccc2O1)C(C)O. The molecule has 0 aliphatic carbocycles. The first-order valence-electron chi connectivity index (χ1n) is 6.50. The molecule has 0 spiro atoms. The van der Waals surface area contributed by atoms with Crippen molar-refractivity contribution in [1.82, 2.24) is 0 Å². The molecule has 1 aromatic carbocycles. The third-order valence-corrected chi connectivity index (χ3v) is 3.72. The molecule has 3 unspecified atom stereocenters. The highest BCUT2D eigenvalue weighted by molar-refractivity contribution is 5.37. The maximum absolute atomic E-state index is 9.80. The predicted octanol–water partition coefficient (Wildman–Crippen LogP) is 3.03. The van der Waals surface area contributed by atoms with Crippen LogP contribution in [0.2, 0.25) is 0 Å². The Morgan fingerprint density at radius 2 is 2.00 bits per heavy atom. The molecule has 17 heavy (non-hydrogen) atoms. The van der Waals surface area contributed by atoms with Crippen molar-refractivity contribution >= 4 is 0 Å². The average Bonchev–Trinajstić information content (AvgIpc) is 2.67. The molecule has 1 N–H and O–H groups in total. The lowest BCUT2D eigenvalue weighted by Crippen LogP contribution is -2.29. The molecular weight excluding hydrogens is 212 g/mol. The van der Waals surface area contributed by atoms with Crippen molar-refractivity contribution in [2.75, 3.05) is 0 Å². The van der Waals surface area contributed by atoms with Gasteiger partial charge in [0.1, 0.15) is 11.9 Å². The number of hydrogen-bond donors (Lipinski definition) is 1. The van der Waals surface area contributed by atoms with Crippen LogP contribution in [-0.4, -0.2) is 17.3 Å². The minimum atomic E-state index is -0.262. The van der Waals surface area contributed by atoms with Crippen LogP contribution >= 0.6 is 0 Å². The van der Waals surface area contributed by atoms with E-state index in [4.69, 9.17) is 4.74 Å². The van der Waals surface area contributed by atoms with Crippen molar-refractivity contribution in [2.24, 2.45) is 11.8 Å². The zero-order chi connectivity index (χ0) is 12.4. The van der Waals surface area contributed by atoms with Crippen LogP contribution in [0.4, 0.5) is 0 Å². The lowest BCUT2D eigenvalue weighted by Gasteiger charge is -2.26. The van der Waals surface area contributed by atoms with Gasteiger partial charge in [0.15, 0.2) is 0 Å². The van der Waals surface area contributed by atoms with E-state index in [-0.39, 0.29) is 12.2 Å². The molecule has 0 fully saturated rings. The van der Waals surface area contributed by atoms with E-state index in [1.807, 2.05) is 19.1 Å². The molecule has 1 aliphatic heterocycles.